The van der Waals surface area contributed by atoms with Gasteiger partial charge >= 0.3 is 0 Å². The van der Waals surface area contributed by atoms with E-state index in [0.717, 1.165) is 28.3 Å². The lowest BCUT2D eigenvalue weighted by molar-refractivity contribution is 0.173. The molecular weight excluding hydrogens is 294 g/mol. The van der Waals surface area contributed by atoms with Crippen LogP contribution in [0.3, 0.4) is 0 Å². The average Bonchev–Trinajstić information content (AvgIpc) is 2.55. The molecule has 0 radical (unpaired) electrons. The highest BCUT2D eigenvalue weighted by Gasteiger charge is 2.09. The van der Waals surface area contributed by atoms with Crippen LogP contribution in [-0.2, 0) is 6.54 Å². The number of hydrogen-bond donors (Lipinski definition) is 2. The molecule has 0 aliphatic heterocycles. The first-order chi connectivity index (χ1) is 10.7. The van der Waals surface area contributed by atoms with Crippen molar-refractivity contribution in [3.05, 3.63) is 59.2 Å². The molecule has 0 amide bonds. The summed E-state index contributed by atoms with van der Waals surface area (Å²) in [7, 11) is 1.69. The van der Waals surface area contributed by atoms with E-state index < -0.39 is 6.10 Å². The van der Waals surface area contributed by atoms with E-state index in [4.69, 9.17) is 4.74 Å². The summed E-state index contributed by atoms with van der Waals surface area (Å²) in [5.41, 5.74) is 3.28. The number of aliphatic hydroxyl groups is 1. The molecule has 118 valence electrons. The van der Waals surface area contributed by atoms with E-state index >= 15 is 0 Å². The van der Waals surface area contributed by atoms with Gasteiger partial charge in [0.2, 0.25) is 0 Å². The van der Waals surface area contributed by atoms with Crippen LogP contribution in [0, 0.1) is 6.92 Å². The van der Waals surface area contributed by atoms with E-state index in [-0.39, 0.29) is 0 Å². The standard InChI is InChI=1S/C18H23NO2S/c1-13-6-4-5-7-15(13)16(20)12-19-11-14-8-9-17(21-2)18(10-14)22-3/h4-10,16,19-20H,11-12H2,1-3H3. The Morgan fingerprint density at radius 2 is 2.00 bits per heavy atom. The fourth-order valence-electron chi connectivity index (χ4n) is 2.41. The van der Waals surface area contributed by atoms with Crippen molar-refractivity contribution in [2.75, 3.05) is 19.9 Å². The van der Waals surface area contributed by atoms with Crippen LogP contribution in [0.2, 0.25) is 0 Å². The van der Waals surface area contributed by atoms with Gasteiger partial charge in [-0.25, -0.2) is 0 Å². The molecule has 0 fully saturated rings. The highest BCUT2D eigenvalue weighted by Crippen LogP contribution is 2.28. The Bertz CT molecular complexity index is 616. The largest absolute Gasteiger partial charge is 0.496 e. The predicted octanol–water partition coefficient (Wildman–Crippen LogP) is 3.55. The molecule has 0 heterocycles. The maximum atomic E-state index is 10.3. The quantitative estimate of drug-likeness (QED) is 0.766. The van der Waals surface area contributed by atoms with Crippen molar-refractivity contribution < 1.29 is 9.84 Å². The van der Waals surface area contributed by atoms with E-state index in [1.54, 1.807) is 18.9 Å². The minimum absolute atomic E-state index is 0.487. The second-order valence-corrected chi connectivity index (χ2v) is 6.04. The lowest BCUT2D eigenvalue weighted by atomic mass is 10.0. The third-order valence-corrected chi connectivity index (χ3v) is 4.42. The molecule has 0 aliphatic carbocycles. The molecule has 0 spiro atoms. The Morgan fingerprint density at radius 1 is 1.23 bits per heavy atom. The van der Waals surface area contributed by atoms with E-state index in [2.05, 4.69) is 11.4 Å². The Morgan fingerprint density at radius 3 is 2.68 bits per heavy atom. The fourth-order valence-corrected chi connectivity index (χ4v) is 3.04. The van der Waals surface area contributed by atoms with E-state index in [1.807, 2.05) is 49.6 Å². The summed E-state index contributed by atoms with van der Waals surface area (Å²) in [6.07, 6.45) is 1.55. The number of aryl methyl sites for hydroxylation is 1. The molecule has 1 unspecified atom stereocenters. The lowest BCUT2D eigenvalue weighted by Crippen LogP contribution is -2.21. The molecule has 0 aromatic heterocycles. The third-order valence-electron chi connectivity index (χ3n) is 3.66. The molecule has 3 nitrogen and oxygen atoms in total. The van der Waals surface area contributed by atoms with Crippen molar-refractivity contribution in [2.45, 2.75) is 24.5 Å². The van der Waals surface area contributed by atoms with Gasteiger partial charge in [0.25, 0.3) is 0 Å². The number of aliphatic hydroxyl groups excluding tert-OH is 1. The number of rotatable bonds is 7. The van der Waals surface area contributed by atoms with Gasteiger partial charge < -0.3 is 15.2 Å². The number of benzene rings is 2. The van der Waals surface area contributed by atoms with Crippen LogP contribution in [0.4, 0.5) is 0 Å². The Labute approximate surface area is 136 Å². The van der Waals surface area contributed by atoms with Gasteiger partial charge in [-0.2, -0.15) is 0 Å². The summed E-state index contributed by atoms with van der Waals surface area (Å²) >= 11 is 1.67. The minimum Gasteiger partial charge on any atom is -0.496 e. The zero-order chi connectivity index (χ0) is 15.9. The number of methoxy groups -OCH3 is 1. The molecule has 2 aromatic carbocycles. The van der Waals surface area contributed by atoms with E-state index in [9.17, 15) is 5.11 Å². The topological polar surface area (TPSA) is 41.5 Å². The molecule has 0 saturated carbocycles. The molecule has 4 heteroatoms. The Balaban J connectivity index is 1.92. The average molecular weight is 317 g/mol. The smallest absolute Gasteiger partial charge is 0.132 e. The van der Waals surface area contributed by atoms with Crippen LogP contribution in [0.15, 0.2) is 47.4 Å². The van der Waals surface area contributed by atoms with E-state index in [1.165, 1.54) is 5.56 Å². The van der Waals surface area contributed by atoms with Gasteiger partial charge in [0.15, 0.2) is 0 Å². The third kappa shape index (κ3) is 4.26. The molecule has 2 aromatic rings. The highest BCUT2D eigenvalue weighted by molar-refractivity contribution is 7.98. The number of hydrogen-bond acceptors (Lipinski definition) is 4. The van der Waals surface area contributed by atoms with Crippen molar-refractivity contribution >= 4 is 11.8 Å². The van der Waals surface area contributed by atoms with Crippen LogP contribution in [0.5, 0.6) is 5.75 Å². The van der Waals surface area contributed by atoms with Gasteiger partial charge in [0.05, 0.1) is 13.2 Å². The van der Waals surface area contributed by atoms with Crippen LogP contribution in [0.25, 0.3) is 0 Å². The summed E-state index contributed by atoms with van der Waals surface area (Å²) in [6.45, 7) is 3.28. The summed E-state index contributed by atoms with van der Waals surface area (Å²) < 4.78 is 5.32. The number of nitrogens with one attached hydrogen (secondary N) is 1. The van der Waals surface area contributed by atoms with Crippen molar-refractivity contribution in [2.24, 2.45) is 0 Å². The fraction of sp³-hybridized carbons (Fsp3) is 0.333. The van der Waals surface area contributed by atoms with Gasteiger partial charge in [0, 0.05) is 18.0 Å². The van der Waals surface area contributed by atoms with Crippen LogP contribution in [0.1, 0.15) is 22.8 Å². The molecule has 1 atom stereocenters. The highest BCUT2D eigenvalue weighted by atomic mass is 32.2. The van der Waals surface area contributed by atoms with Crippen molar-refractivity contribution in [3.63, 3.8) is 0 Å². The van der Waals surface area contributed by atoms with Crippen LogP contribution >= 0.6 is 11.8 Å². The summed E-state index contributed by atoms with van der Waals surface area (Å²) in [6, 6.07) is 14.1. The van der Waals surface area contributed by atoms with Gasteiger partial charge in [-0.3, -0.25) is 0 Å². The Kier molecular flexibility index (Phi) is 6.31. The second-order valence-electron chi connectivity index (χ2n) is 5.19. The first-order valence-corrected chi connectivity index (χ1v) is 8.53. The molecule has 22 heavy (non-hydrogen) atoms. The maximum Gasteiger partial charge on any atom is 0.132 e. The monoisotopic (exact) mass is 317 g/mol. The van der Waals surface area contributed by atoms with Gasteiger partial charge in [-0.05, 0) is 42.0 Å². The zero-order valence-electron chi connectivity index (χ0n) is 13.3. The van der Waals surface area contributed by atoms with Crippen molar-refractivity contribution in [3.8, 4) is 5.75 Å². The van der Waals surface area contributed by atoms with Gasteiger partial charge in [0.1, 0.15) is 5.75 Å². The van der Waals surface area contributed by atoms with E-state index in [0.29, 0.717) is 6.54 Å². The Hall–Kier alpha value is -1.49. The molecule has 0 aliphatic rings. The maximum absolute atomic E-state index is 10.3. The van der Waals surface area contributed by atoms with Crippen molar-refractivity contribution in [1.82, 2.24) is 5.32 Å². The molecule has 0 bridgehead atoms. The van der Waals surface area contributed by atoms with Crippen LogP contribution in [-0.4, -0.2) is 25.0 Å². The minimum atomic E-state index is -0.487. The second kappa shape index (κ2) is 8.22. The molecule has 2 rings (SSSR count). The molecule has 0 saturated heterocycles. The summed E-state index contributed by atoms with van der Waals surface area (Å²) in [5, 5.41) is 13.6. The van der Waals surface area contributed by atoms with Gasteiger partial charge in [-0.15, -0.1) is 11.8 Å². The normalized spacial score (nSPS) is 12.2. The zero-order valence-corrected chi connectivity index (χ0v) is 14.1. The summed E-state index contributed by atoms with van der Waals surface area (Å²) in [4.78, 5) is 1.13. The summed E-state index contributed by atoms with van der Waals surface area (Å²) in [5.74, 6) is 0.899. The lowest BCUT2D eigenvalue weighted by Gasteiger charge is -2.15. The van der Waals surface area contributed by atoms with Crippen molar-refractivity contribution in [1.29, 1.82) is 0 Å². The molecular formula is C18H23NO2S. The van der Waals surface area contributed by atoms with Gasteiger partial charge in [-0.1, -0.05) is 30.3 Å². The predicted molar refractivity (Wildman–Crippen MR) is 92.6 cm³/mol. The number of thioether (sulfide) groups is 1. The SMILES string of the molecule is COc1ccc(CNCC(O)c2ccccc2C)cc1SC. The first kappa shape index (κ1) is 16.9. The molecule has 2 N–H and O–H groups in total. The number of ether oxygens (including phenoxy) is 1. The first-order valence-electron chi connectivity index (χ1n) is 7.31. The van der Waals surface area contributed by atoms with Crippen LogP contribution < -0.4 is 10.1 Å².